The Bertz CT molecular complexity index is 1220. The van der Waals surface area contributed by atoms with Gasteiger partial charge in [0, 0.05) is 31.4 Å². The summed E-state index contributed by atoms with van der Waals surface area (Å²) in [4.78, 5) is 24.8. The number of hydrogen-bond donors (Lipinski definition) is 1. The standard InChI is InChI=1S/C20H21FN4O4/c1-11-15(12(2)23(3)22-11)10-25-17-9-14(8-16(21)18(17)29-20(25)28)13-4-6-24(7-5-13)19(26)27/h4,8-9H,5-7,10H2,1-3H3,(H,26,27). The fraction of sp³-hybridized carbons (Fsp3) is 0.350. The topological polar surface area (TPSA) is 93.5 Å². The van der Waals surface area contributed by atoms with Crippen LogP contribution in [0.1, 0.15) is 28.9 Å². The van der Waals surface area contributed by atoms with Crippen LogP contribution in [0.4, 0.5) is 9.18 Å². The fourth-order valence-corrected chi connectivity index (χ4v) is 3.77. The SMILES string of the molecule is Cc1nn(C)c(C)c1Cn1c(=O)oc2c(F)cc(C3=CCN(C(=O)O)CC3)cc21. The number of aromatic nitrogens is 3. The molecule has 0 aliphatic carbocycles. The van der Waals surface area contributed by atoms with Crippen LogP contribution in [0.3, 0.4) is 0 Å². The normalized spacial score (nSPS) is 14.5. The van der Waals surface area contributed by atoms with Crippen molar-refractivity contribution in [3.05, 3.63) is 57.1 Å². The van der Waals surface area contributed by atoms with Gasteiger partial charge in [0.25, 0.3) is 0 Å². The maximum atomic E-state index is 14.7. The van der Waals surface area contributed by atoms with Crippen molar-refractivity contribution >= 4 is 22.8 Å². The molecule has 0 unspecified atom stereocenters. The largest absolute Gasteiger partial charge is 0.465 e. The number of benzene rings is 1. The molecule has 9 heteroatoms. The van der Waals surface area contributed by atoms with Crippen LogP contribution < -0.4 is 5.76 Å². The molecule has 0 saturated heterocycles. The van der Waals surface area contributed by atoms with Gasteiger partial charge in [-0.15, -0.1) is 0 Å². The minimum Gasteiger partial charge on any atom is -0.465 e. The molecular formula is C20H21FN4O4. The number of fused-ring (bicyclic) bond motifs is 1. The van der Waals surface area contributed by atoms with E-state index in [-0.39, 0.29) is 18.7 Å². The zero-order valence-corrected chi connectivity index (χ0v) is 16.4. The third kappa shape index (κ3) is 3.22. The number of nitrogens with zero attached hydrogens (tertiary/aromatic N) is 4. The Labute approximate surface area is 165 Å². The molecule has 1 amide bonds. The van der Waals surface area contributed by atoms with Crippen molar-refractivity contribution in [3.8, 4) is 0 Å². The Morgan fingerprint density at radius 2 is 2.10 bits per heavy atom. The highest BCUT2D eigenvalue weighted by Crippen LogP contribution is 2.28. The van der Waals surface area contributed by atoms with Gasteiger partial charge < -0.3 is 14.4 Å². The summed E-state index contributed by atoms with van der Waals surface area (Å²) in [6.07, 6.45) is 1.27. The van der Waals surface area contributed by atoms with Gasteiger partial charge >= 0.3 is 11.8 Å². The summed E-state index contributed by atoms with van der Waals surface area (Å²) in [6, 6.07) is 3.06. The molecule has 0 bridgehead atoms. The fourth-order valence-electron chi connectivity index (χ4n) is 3.77. The molecule has 8 nitrogen and oxygen atoms in total. The average molecular weight is 400 g/mol. The molecule has 3 aromatic rings. The smallest absolute Gasteiger partial charge is 0.420 e. The van der Waals surface area contributed by atoms with Crippen molar-refractivity contribution in [1.29, 1.82) is 0 Å². The number of carbonyl (C=O) groups is 1. The predicted octanol–water partition coefficient (Wildman–Crippen LogP) is 2.90. The van der Waals surface area contributed by atoms with E-state index < -0.39 is 17.7 Å². The lowest BCUT2D eigenvalue weighted by atomic mass is 9.99. The lowest BCUT2D eigenvalue weighted by Crippen LogP contribution is -2.33. The van der Waals surface area contributed by atoms with Gasteiger partial charge in [0.15, 0.2) is 11.4 Å². The molecule has 0 atom stereocenters. The summed E-state index contributed by atoms with van der Waals surface area (Å²) in [5.41, 5.74) is 4.36. The van der Waals surface area contributed by atoms with Crippen molar-refractivity contribution < 1.29 is 18.7 Å². The minimum atomic E-state index is -0.979. The Morgan fingerprint density at radius 1 is 1.34 bits per heavy atom. The lowest BCUT2D eigenvalue weighted by Gasteiger charge is -2.23. The van der Waals surface area contributed by atoms with E-state index in [1.54, 1.807) is 16.8 Å². The van der Waals surface area contributed by atoms with Crippen LogP contribution in [0.5, 0.6) is 0 Å². The molecule has 1 aromatic carbocycles. The van der Waals surface area contributed by atoms with Crippen LogP contribution in [-0.2, 0) is 13.6 Å². The van der Waals surface area contributed by atoms with Crippen LogP contribution >= 0.6 is 0 Å². The highest BCUT2D eigenvalue weighted by Gasteiger charge is 2.21. The van der Waals surface area contributed by atoms with E-state index in [1.165, 1.54) is 15.5 Å². The number of amides is 1. The summed E-state index contributed by atoms with van der Waals surface area (Å²) >= 11 is 0. The van der Waals surface area contributed by atoms with Gasteiger partial charge in [0.05, 0.1) is 17.8 Å². The summed E-state index contributed by atoms with van der Waals surface area (Å²) in [5.74, 6) is -1.25. The van der Waals surface area contributed by atoms with Crippen LogP contribution in [0.2, 0.25) is 0 Å². The van der Waals surface area contributed by atoms with Crippen molar-refractivity contribution in [2.75, 3.05) is 13.1 Å². The number of hydrogen-bond acceptors (Lipinski definition) is 4. The molecule has 0 spiro atoms. The molecular weight excluding hydrogens is 379 g/mol. The van der Waals surface area contributed by atoms with Crippen molar-refractivity contribution in [2.45, 2.75) is 26.8 Å². The number of halogens is 1. The second kappa shape index (κ2) is 6.91. The lowest BCUT2D eigenvalue weighted by molar-refractivity contribution is 0.150. The molecule has 0 radical (unpaired) electrons. The quantitative estimate of drug-likeness (QED) is 0.730. The first-order chi connectivity index (χ1) is 13.8. The van der Waals surface area contributed by atoms with Crippen LogP contribution in [-0.4, -0.2) is 43.5 Å². The van der Waals surface area contributed by atoms with E-state index in [0.717, 1.165) is 22.5 Å². The second-order valence-corrected chi connectivity index (χ2v) is 7.24. The van der Waals surface area contributed by atoms with Gasteiger partial charge in [-0.05, 0) is 43.5 Å². The van der Waals surface area contributed by atoms with Gasteiger partial charge in [-0.2, -0.15) is 5.10 Å². The first kappa shape index (κ1) is 19.0. The third-order valence-corrected chi connectivity index (χ3v) is 5.55. The van der Waals surface area contributed by atoms with Gasteiger partial charge in [-0.1, -0.05) is 6.08 Å². The molecule has 0 fully saturated rings. The Kier molecular flexibility index (Phi) is 4.52. The van der Waals surface area contributed by atoms with Gasteiger partial charge in [-0.25, -0.2) is 14.0 Å². The molecule has 3 heterocycles. The molecule has 4 rings (SSSR count). The zero-order chi connectivity index (χ0) is 20.9. The monoisotopic (exact) mass is 400 g/mol. The predicted molar refractivity (Wildman–Crippen MR) is 104 cm³/mol. The molecule has 1 aliphatic heterocycles. The molecule has 29 heavy (non-hydrogen) atoms. The van der Waals surface area contributed by atoms with E-state index in [1.807, 2.05) is 20.9 Å². The number of carboxylic acid groups (broad SMARTS) is 1. The Balaban J connectivity index is 1.78. The number of rotatable bonds is 3. The van der Waals surface area contributed by atoms with Crippen molar-refractivity contribution in [2.24, 2.45) is 7.05 Å². The van der Waals surface area contributed by atoms with E-state index in [4.69, 9.17) is 9.52 Å². The summed E-state index contributed by atoms with van der Waals surface area (Å²) in [5, 5.41) is 13.5. The summed E-state index contributed by atoms with van der Waals surface area (Å²) in [6.45, 7) is 4.59. The highest BCUT2D eigenvalue weighted by atomic mass is 19.1. The van der Waals surface area contributed by atoms with E-state index in [9.17, 15) is 14.0 Å². The number of aryl methyl sites for hydroxylation is 2. The first-order valence-corrected chi connectivity index (χ1v) is 9.25. The van der Waals surface area contributed by atoms with E-state index in [0.29, 0.717) is 24.0 Å². The molecule has 1 N–H and O–H groups in total. The average Bonchev–Trinajstić information content (AvgIpc) is 3.13. The van der Waals surface area contributed by atoms with Gasteiger partial charge in [0.2, 0.25) is 0 Å². The third-order valence-electron chi connectivity index (χ3n) is 5.55. The van der Waals surface area contributed by atoms with Crippen molar-refractivity contribution in [1.82, 2.24) is 19.2 Å². The van der Waals surface area contributed by atoms with E-state index >= 15 is 0 Å². The van der Waals surface area contributed by atoms with Gasteiger partial charge in [0.1, 0.15) is 0 Å². The van der Waals surface area contributed by atoms with Crippen LogP contribution in [0, 0.1) is 19.7 Å². The molecule has 152 valence electrons. The Morgan fingerprint density at radius 3 is 2.69 bits per heavy atom. The zero-order valence-electron chi connectivity index (χ0n) is 16.4. The molecule has 1 aliphatic rings. The van der Waals surface area contributed by atoms with Crippen molar-refractivity contribution in [3.63, 3.8) is 0 Å². The summed E-state index contributed by atoms with van der Waals surface area (Å²) in [7, 11) is 1.83. The first-order valence-electron chi connectivity index (χ1n) is 9.25. The molecule has 0 saturated carbocycles. The van der Waals surface area contributed by atoms with Crippen LogP contribution in [0.25, 0.3) is 16.7 Å². The maximum absolute atomic E-state index is 14.7. The van der Waals surface area contributed by atoms with Gasteiger partial charge in [-0.3, -0.25) is 9.25 Å². The van der Waals surface area contributed by atoms with Crippen LogP contribution in [0.15, 0.2) is 27.4 Å². The highest BCUT2D eigenvalue weighted by molar-refractivity contribution is 5.81. The molecule has 2 aromatic heterocycles. The number of oxazole rings is 1. The van der Waals surface area contributed by atoms with E-state index in [2.05, 4.69) is 5.10 Å². The Hall–Kier alpha value is -3.36. The second-order valence-electron chi connectivity index (χ2n) is 7.24. The minimum absolute atomic E-state index is 0.0819. The maximum Gasteiger partial charge on any atom is 0.420 e. The summed E-state index contributed by atoms with van der Waals surface area (Å²) < 4.78 is 23.0.